The molecule has 7 heteroatoms. The first kappa shape index (κ1) is 18.6. The van der Waals surface area contributed by atoms with E-state index in [2.05, 4.69) is 64.8 Å². The number of anilines is 1. The van der Waals surface area contributed by atoms with Crippen LogP contribution in [0, 0.1) is 3.57 Å². The Labute approximate surface area is 185 Å². The van der Waals surface area contributed by atoms with Gasteiger partial charge < -0.3 is 9.73 Å². The molecule has 1 aromatic heterocycles. The van der Waals surface area contributed by atoms with Crippen LogP contribution >= 0.6 is 54.5 Å². The summed E-state index contributed by atoms with van der Waals surface area (Å²) in [4.78, 5) is 17.2. The molecule has 0 saturated carbocycles. The summed E-state index contributed by atoms with van der Waals surface area (Å²) in [5, 5.41) is 2.92. The minimum atomic E-state index is -0.171. The molecule has 0 bridgehead atoms. The van der Waals surface area contributed by atoms with Crippen molar-refractivity contribution in [3.8, 4) is 11.5 Å². The van der Waals surface area contributed by atoms with Gasteiger partial charge in [0.05, 0.1) is 5.56 Å². The predicted octanol–water partition coefficient (Wildman–Crippen LogP) is 6.88. The van der Waals surface area contributed by atoms with E-state index in [1.165, 1.54) is 0 Å². The molecule has 0 saturated heterocycles. The molecule has 134 valence electrons. The van der Waals surface area contributed by atoms with Crippen molar-refractivity contribution in [1.29, 1.82) is 0 Å². The van der Waals surface area contributed by atoms with E-state index >= 15 is 0 Å². The number of benzene rings is 3. The molecule has 0 aliphatic rings. The van der Waals surface area contributed by atoms with Crippen LogP contribution in [0.3, 0.4) is 0 Å². The van der Waals surface area contributed by atoms with Crippen molar-refractivity contribution in [2.75, 3.05) is 5.32 Å². The second-order valence-electron chi connectivity index (χ2n) is 5.79. The summed E-state index contributed by atoms with van der Waals surface area (Å²) in [5.74, 6) is 0.368. The first-order valence-electron chi connectivity index (χ1n) is 7.92. The van der Waals surface area contributed by atoms with Crippen molar-refractivity contribution in [2.45, 2.75) is 0 Å². The zero-order valence-corrected chi connectivity index (χ0v) is 19.0. The molecule has 0 atom stereocenters. The van der Waals surface area contributed by atoms with Crippen LogP contribution in [-0.2, 0) is 0 Å². The third-order valence-electron chi connectivity index (χ3n) is 3.89. The van der Waals surface area contributed by atoms with E-state index in [0.29, 0.717) is 28.2 Å². The average molecular weight is 598 g/mol. The standard InChI is InChI=1S/C20H11Br2IN2O2/c21-12-3-1-2-11(8-12)20-25-17-10-14(5-7-18(17)27-20)24-19(26)15-9-13(22)4-6-16(15)23/h1-10H,(H,24,26). The van der Waals surface area contributed by atoms with Gasteiger partial charge in [0.2, 0.25) is 5.89 Å². The fraction of sp³-hybridized carbons (Fsp3) is 0. The van der Waals surface area contributed by atoms with Gasteiger partial charge in [0.15, 0.2) is 5.58 Å². The SMILES string of the molecule is O=C(Nc1ccc2oc(-c3cccc(Br)c3)nc2c1)c1cc(Br)ccc1I. The smallest absolute Gasteiger partial charge is 0.256 e. The van der Waals surface area contributed by atoms with Crippen molar-refractivity contribution < 1.29 is 9.21 Å². The Balaban J connectivity index is 1.64. The van der Waals surface area contributed by atoms with Gasteiger partial charge in [-0.25, -0.2) is 4.98 Å². The molecule has 0 fully saturated rings. The maximum atomic E-state index is 12.6. The van der Waals surface area contributed by atoms with Crippen molar-refractivity contribution in [3.05, 3.63) is 78.7 Å². The van der Waals surface area contributed by atoms with Gasteiger partial charge in [-0.3, -0.25) is 4.79 Å². The highest BCUT2D eigenvalue weighted by Gasteiger charge is 2.13. The first-order chi connectivity index (χ1) is 13.0. The molecule has 1 amide bonds. The van der Waals surface area contributed by atoms with Crippen LogP contribution in [0.2, 0.25) is 0 Å². The van der Waals surface area contributed by atoms with Gasteiger partial charge >= 0.3 is 0 Å². The summed E-state index contributed by atoms with van der Waals surface area (Å²) in [7, 11) is 0. The third-order valence-corrected chi connectivity index (χ3v) is 5.82. The van der Waals surface area contributed by atoms with Crippen LogP contribution < -0.4 is 5.32 Å². The van der Waals surface area contributed by atoms with Crippen LogP contribution in [0.1, 0.15) is 10.4 Å². The molecule has 1 heterocycles. The normalized spacial score (nSPS) is 10.9. The quantitative estimate of drug-likeness (QED) is 0.262. The Morgan fingerprint density at radius 3 is 2.63 bits per heavy atom. The zero-order valence-electron chi connectivity index (χ0n) is 13.7. The summed E-state index contributed by atoms with van der Waals surface area (Å²) in [6, 6.07) is 18.8. The molecule has 1 N–H and O–H groups in total. The Morgan fingerprint density at radius 1 is 1.00 bits per heavy atom. The van der Waals surface area contributed by atoms with E-state index in [0.717, 1.165) is 18.1 Å². The van der Waals surface area contributed by atoms with Gasteiger partial charge in [-0.15, -0.1) is 0 Å². The molecule has 4 rings (SSSR count). The van der Waals surface area contributed by atoms with Gasteiger partial charge in [0.25, 0.3) is 5.91 Å². The molecule has 0 aliphatic heterocycles. The molecule has 0 unspecified atom stereocenters. The van der Waals surface area contributed by atoms with E-state index in [9.17, 15) is 4.79 Å². The highest BCUT2D eigenvalue weighted by atomic mass is 127. The zero-order chi connectivity index (χ0) is 19.0. The van der Waals surface area contributed by atoms with Crippen molar-refractivity contribution in [2.24, 2.45) is 0 Å². The van der Waals surface area contributed by atoms with E-state index in [-0.39, 0.29) is 5.91 Å². The number of oxazole rings is 1. The number of carbonyl (C=O) groups excluding carboxylic acids is 1. The lowest BCUT2D eigenvalue weighted by molar-refractivity contribution is 0.102. The Morgan fingerprint density at radius 2 is 1.81 bits per heavy atom. The van der Waals surface area contributed by atoms with E-state index in [1.807, 2.05) is 48.5 Å². The number of hydrogen-bond acceptors (Lipinski definition) is 3. The van der Waals surface area contributed by atoms with Gasteiger partial charge in [0, 0.05) is 23.8 Å². The second kappa shape index (κ2) is 7.73. The Kier molecular flexibility index (Phi) is 5.34. The number of nitrogens with zero attached hydrogens (tertiary/aromatic N) is 1. The van der Waals surface area contributed by atoms with E-state index in [1.54, 1.807) is 12.1 Å². The number of aromatic nitrogens is 1. The molecular formula is C20H11Br2IN2O2. The van der Waals surface area contributed by atoms with E-state index < -0.39 is 0 Å². The molecule has 0 radical (unpaired) electrons. The van der Waals surface area contributed by atoms with Crippen molar-refractivity contribution >= 4 is 77.1 Å². The monoisotopic (exact) mass is 596 g/mol. The summed E-state index contributed by atoms with van der Waals surface area (Å²) >= 11 is 9.01. The van der Waals surface area contributed by atoms with E-state index in [4.69, 9.17) is 4.42 Å². The van der Waals surface area contributed by atoms with Crippen LogP contribution in [0.25, 0.3) is 22.6 Å². The third kappa shape index (κ3) is 4.09. The highest BCUT2D eigenvalue weighted by molar-refractivity contribution is 14.1. The molecule has 0 spiro atoms. The number of amides is 1. The van der Waals surface area contributed by atoms with Crippen molar-refractivity contribution in [1.82, 2.24) is 4.98 Å². The van der Waals surface area contributed by atoms with Crippen LogP contribution in [0.15, 0.2) is 74.0 Å². The number of fused-ring (bicyclic) bond motifs is 1. The highest BCUT2D eigenvalue weighted by Crippen LogP contribution is 2.28. The molecule has 4 aromatic rings. The second-order valence-corrected chi connectivity index (χ2v) is 8.78. The lowest BCUT2D eigenvalue weighted by Gasteiger charge is -2.07. The Bertz CT molecular complexity index is 1170. The summed E-state index contributed by atoms with van der Waals surface area (Å²) < 4.78 is 8.54. The number of rotatable bonds is 3. The summed E-state index contributed by atoms with van der Waals surface area (Å²) in [6.45, 7) is 0. The van der Waals surface area contributed by atoms with Gasteiger partial charge in [-0.1, -0.05) is 37.9 Å². The van der Waals surface area contributed by atoms with Gasteiger partial charge in [0.1, 0.15) is 5.52 Å². The predicted molar refractivity (Wildman–Crippen MR) is 122 cm³/mol. The van der Waals surface area contributed by atoms with Crippen LogP contribution in [-0.4, -0.2) is 10.9 Å². The minimum absolute atomic E-state index is 0.171. The maximum Gasteiger partial charge on any atom is 0.256 e. The number of carbonyl (C=O) groups is 1. The fourth-order valence-electron chi connectivity index (χ4n) is 2.62. The van der Waals surface area contributed by atoms with Crippen molar-refractivity contribution in [3.63, 3.8) is 0 Å². The molecule has 3 aromatic carbocycles. The lowest BCUT2D eigenvalue weighted by atomic mass is 10.2. The lowest BCUT2D eigenvalue weighted by Crippen LogP contribution is -2.13. The van der Waals surface area contributed by atoms with Crippen LogP contribution in [0.4, 0.5) is 5.69 Å². The Hall–Kier alpha value is -1.71. The minimum Gasteiger partial charge on any atom is -0.436 e. The summed E-state index contributed by atoms with van der Waals surface area (Å²) in [6.07, 6.45) is 0. The average Bonchev–Trinajstić information content (AvgIpc) is 3.07. The topological polar surface area (TPSA) is 55.1 Å². The van der Waals surface area contributed by atoms with Gasteiger partial charge in [-0.05, 0) is 77.2 Å². The molecule has 27 heavy (non-hydrogen) atoms. The number of halogens is 3. The van der Waals surface area contributed by atoms with Gasteiger partial charge in [-0.2, -0.15) is 0 Å². The van der Waals surface area contributed by atoms with Crippen LogP contribution in [0.5, 0.6) is 0 Å². The fourth-order valence-corrected chi connectivity index (χ4v) is 3.96. The first-order valence-corrected chi connectivity index (χ1v) is 10.6. The molecular weight excluding hydrogens is 587 g/mol. The number of nitrogens with one attached hydrogen (secondary N) is 1. The maximum absolute atomic E-state index is 12.6. The molecule has 0 aliphatic carbocycles. The number of hydrogen-bond donors (Lipinski definition) is 1. The molecule has 4 nitrogen and oxygen atoms in total. The summed E-state index contributed by atoms with van der Waals surface area (Å²) in [5.41, 5.74) is 3.51. The largest absolute Gasteiger partial charge is 0.436 e.